The zero-order valence-electron chi connectivity index (χ0n) is 12.8. The monoisotopic (exact) mass is 354 g/mol. The summed E-state index contributed by atoms with van der Waals surface area (Å²) in [6.45, 7) is 1.75. The number of aromatic hydroxyl groups is 1. The minimum absolute atomic E-state index is 0.0207. The van der Waals surface area contributed by atoms with E-state index >= 15 is 0 Å². The molecule has 2 N–H and O–H groups in total. The van der Waals surface area contributed by atoms with Gasteiger partial charge >= 0.3 is 0 Å². The van der Waals surface area contributed by atoms with Gasteiger partial charge in [-0.2, -0.15) is 15.1 Å². The Morgan fingerprint density at radius 1 is 1.36 bits per heavy atom. The standard InChI is InChI=1S/C16H10N4O4S/c1-7-19-20-14(17)11(15(23)18-16(20)25-7)4-8-6-24-12-5-9(21)2-3-10(12)13(8)22/h2-6,17,21H,1H3. The summed E-state index contributed by atoms with van der Waals surface area (Å²) < 4.78 is 5.35. The first-order valence-corrected chi connectivity index (χ1v) is 7.97. The van der Waals surface area contributed by atoms with E-state index in [-0.39, 0.29) is 39.1 Å². The van der Waals surface area contributed by atoms with E-state index in [4.69, 9.17) is 9.83 Å². The molecular formula is C16H10N4O4S. The predicted molar refractivity (Wildman–Crippen MR) is 94.8 cm³/mol. The number of carbonyl (C=O) groups is 1. The van der Waals surface area contributed by atoms with Crippen molar-refractivity contribution in [2.45, 2.75) is 6.92 Å². The molecule has 0 radical (unpaired) electrons. The van der Waals surface area contributed by atoms with Crippen molar-refractivity contribution >= 4 is 50.8 Å². The Bertz CT molecular complexity index is 1110. The van der Waals surface area contributed by atoms with Gasteiger partial charge in [0.25, 0.3) is 5.91 Å². The van der Waals surface area contributed by atoms with Crippen molar-refractivity contribution < 1.29 is 14.3 Å². The van der Waals surface area contributed by atoms with E-state index in [1.165, 1.54) is 47.3 Å². The molecular weight excluding hydrogens is 344 g/mol. The number of thioether (sulfide) groups is 1. The Morgan fingerprint density at radius 2 is 2.16 bits per heavy atom. The van der Waals surface area contributed by atoms with Crippen LogP contribution < -0.4 is 5.43 Å². The van der Waals surface area contributed by atoms with E-state index in [1.54, 1.807) is 6.92 Å². The lowest BCUT2D eigenvalue weighted by atomic mass is 10.1. The molecule has 0 saturated carbocycles. The second kappa shape index (κ2) is 5.42. The van der Waals surface area contributed by atoms with Gasteiger partial charge in [-0.05, 0) is 36.9 Å². The number of fused-ring (bicyclic) bond motifs is 2. The molecule has 2 aliphatic heterocycles. The van der Waals surface area contributed by atoms with Crippen LogP contribution in [0.1, 0.15) is 12.5 Å². The summed E-state index contributed by atoms with van der Waals surface area (Å²) in [5, 5.41) is 24.3. The van der Waals surface area contributed by atoms with Crippen molar-refractivity contribution in [3.8, 4) is 5.75 Å². The topological polar surface area (TPSA) is 119 Å². The summed E-state index contributed by atoms with van der Waals surface area (Å²) in [7, 11) is 0. The Balaban J connectivity index is 1.84. The van der Waals surface area contributed by atoms with Gasteiger partial charge in [0.1, 0.15) is 17.6 Å². The number of hydrogen-bond acceptors (Lipinski definition) is 7. The molecule has 0 fully saturated rings. The second-order valence-electron chi connectivity index (χ2n) is 5.34. The summed E-state index contributed by atoms with van der Waals surface area (Å²) in [6, 6.07) is 4.14. The van der Waals surface area contributed by atoms with E-state index in [0.29, 0.717) is 10.2 Å². The van der Waals surface area contributed by atoms with Crippen LogP contribution in [0.4, 0.5) is 0 Å². The van der Waals surface area contributed by atoms with Gasteiger partial charge < -0.3 is 9.52 Å². The minimum atomic E-state index is -0.612. The zero-order valence-corrected chi connectivity index (χ0v) is 13.6. The molecule has 1 aromatic carbocycles. The third-order valence-electron chi connectivity index (χ3n) is 3.64. The maximum atomic E-state index is 12.6. The lowest BCUT2D eigenvalue weighted by Crippen LogP contribution is -2.35. The lowest BCUT2D eigenvalue weighted by molar-refractivity contribution is -0.114. The molecule has 0 unspecified atom stereocenters. The van der Waals surface area contributed by atoms with Crippen LogP contribution in [-0.2, 0) is 4.79 Å². The molecule has 0 bridgehead atoms. The van der Waals surface area contributed by atoms with Crippen LogP contribution in [0.15, 0.2) is 49.3 Å². The largest absolute Gasteiger partial charge is 0.508 e. The first-order valence-electron chi connectivity index (χ1n) is 7.15. The fraction of sp³-hybridized carbons (Fsp3) is 0.0625. The molecule has 0 atom stereocenters. The van der Waals surface area contributed by atoms with Crippen LogP contribution in [-0.4, -0.2) is 32.1 Å². The summed E-state index contributed by atoms with van der Waals surface area (Å²) in [4.78, 5) is 28.7. The number of phenols is 1. The van der Waals surface area contributed by atoms with Gasteiger partial charge in [-0.25, -0.2) is 0 Å². The number of rotatable bonds is 1. The Labute approximate surface area is 144 Å². The fourth-order valence-corrected chi connectivity index (χ4v) is 3.21. The fourth-order valence-electron chi connectivity index (χ4n) is 2.47. The SMILES string of the molecule is CC1=NN2C(=N)C(=Cc3coc4cc(O)ccc4c3=O)C(=O)N=C2S1. The number of hydrazone groups is 1. The maximum absolute atomic E-state index is 12.6. The summed E-state index contributed by atoms with van der Waals surface area (Å²) in [5.41, 5.74) is -0.0843. The zero-order chi connectivity index (χ0) is 17.7. The average molecular weight is 354 g/mol. The maximum Gasteiger partial charge on any atom is 0.283 e. The molecule has 1 amide bonds. The van der Waals surface area contributed by atoms with Gasteiger partial charge in [0.15, 0.2) is 11.3 Å². The summed E-state index contributed by atoms with van der Waals surface area (Å²) >= 11 is 1.20. The molecule has 2 aliphatic rings. The van der Waals surface area contributed by atoms with Gasteiger partial charge in [-0.15, -0.1) is 0 Å². The van der Waals surface area contributed by atoms with Crippen molar-refractivity contribution in [3.05, 3.63) is 45.8 Å². The number of aliphatic imine (C=N–C) groups is 1. The third-order valence-corrected chi connectivity index (χ3v) is 4.46. The number of amides is 1. The van der Waals surface area contributed by atoms with Gasteiger partial charge in [-0.1, -0.05) is 0 Å². The number of nitrogens with one attached hydrogen (secondary N) is 1. The third kappa shape index (κ3) is 2.45. The van der Waals surface area contributed by atoms with E-state index in [1.807, 2.05) is 0 Å². The van der Waals surface area contributed by atoms with Crippen molar-refractivity contribution in [1.29, 1.82) is 5.41 Å². The molecule has 3 heterocycles. The first kappa shape index (κ1) is 15.3. The number of amidine groups is 2. The van der Waals surface area contributed by atoms with Gasteiger partial charge in [0.05, 0.1) is 21.6 Å². The summed E-state index contributed by atoms with van der Waals surface area (Å²) in [5.74, 6) is -0.781. The Morgan fingerprint density at radius 3 is 2.96 bits per heavy atom. The van der Waals surface area contributed by atoms with Gasteiger partial charge in [0, 0.05) is 6.07 Å². The number of carbonyl (C=O) groups excluding carboxylic acids is 1. The lowest BCUT2D eigenvalue weighted by Gasteiger charge is -2.20. The van der Waals surface area contributed by atoms with Crippen molar-refractivity contribution in [3.63, 3.8) is 0 Å². The molecule has 9 heteroatoms. The van der Waals surface area contributed by atoms with Gasteiger partial charge in [-0.3, -0.25) is 15.0 Å². The summed E-state index contributed by atoms with van der Waals surface area (Å²) in [6.07, 6.45) is 2.46. The molecule has 2 aromatic rings. The highest BCUT2D eigenvalue weighted by molar-refractivity contribution is 8.26. The molecule has 25 heavy (non-hydrogen) atoms. The number of benzene rings is 1. The number of nitrogens with zero attached hydrogens (tertiary/aromatic N) is 3. The van der Waals surface area contributed by atoms with Crippen molar-refractivity contribution in [1.82, 2.24) is 5.01 Å². The number of phenolic OH excluding ortho intramolecular Hbond substituents is 1. The Hall–Kier alpha value is -3.20. The molecule has 8 nitrogen and oxygen atoms in total. The van der Waals surface area contributed by atoms with Crippen LogP contribution in [0.3, 0.4) is 0 Å². The van der Waals surface area contributed by atoms with E-state index < -0.39 is 5.91 Å². The average Bonchev–Trinajstić information content (AvgIpc) is 2.93. The van der Waals surface area contributed by atoms with Crippen molar-refractivity contribution in [2.24, 2.45) is 10.1 Å². The molecule has 0 spiro atoms. The van der Waals surface area contributed by atoms with Crippen molar-refractivity contribution in [2.75, 3.05) is 0 Å². The molecule has 4 rings (SSSR count). The van der Waals surface area contributed by atoms with Gasteiger partial charge in [0.2, 0.25) is 5.17 Å². The van der Waals surface area contributed by atoms with Crippen LogP contribution in [0.2, 0.25) is 0 Å². The molecule has 1 aromatic heterocycles. The van der Waals surface area contributed by atoms with Crippen LogP contribution in [0.25, 0.3) is 17.0 Å². The Kier molecular flexibility index (Phi) is 3.32. The first-order chi connectivity index (χ1) is 11.9. The normalized spacial score (nSPS) is 18.6. The molecule has 124 valence electrons. The quantitative estimate of drug-likeness (QED) is 0.757. The molecule has 0 aliphatic carbocycles. The number of hydrogen-bond donors (Lipinski definition) is 2. The van der Waals surface area contributed by atoms with Crippen LogP contribution in [0.5, 0.6) is 5.75 Å². The molecule has 0 saturated heterocycles. The van der Waals surface area contributed by atoms with Crippen LogP contribution in [0, 0.1) is 5.41 Å². The predicted octanol–water partition coefficient (Wildman–Crippen LogP) is 2.14. The minimum Gasteiger partial charge on any atom is -0.508 e. The van der Waals surface area contributed by atoms with Crippen LogP contribution >= 0.6 is 11.8 Å². The van der Waals surface area contributed by atoms with E-state index in [2.05, 4.69) is 10.1 Å². The van der Waals surface area contributed by atoms with E-state index in [9.17, 15) is 14.7 Å². The van der Waals surface area contributed by atoms with E-state index in [0.717, 1.165) is 0 Å². The smallest absolute Gasteiger partial charge is 0.283 e. The second-order valence-corrected chi connectivity index (χ2v) is 6.50. The highest BCUT2D eigenvalue weighted by Gasteiger charge is 2.34. The highest BCUT2D eigenvalue weighted by Crippen LogP contribution is 2.28. The highest BCUT2D eigenvalue weighted by atomic mass is 32.2.